The van der Waals surface area contributed by atoms with Crippen molar-refractivity contribution in [2.45, 2.75) is 31.2 Å². The number of anilines is 1. The molecule has 3 nitrogen and oxygen atoms in total. The Balaban J connectivity index is 2.86. The molecule has 0 radical (unpaired) electrons. The van der Waals surface area contributed by atoms with E-state index < -0.39 is 23.9 Å². The van der Waals surface area contributed by atoms with Crippen molar-refractivity contribution >= 4 is 23.4 Å². The van der Waals surface area contributed by atoms with E-state index in [-0.39, 0.29) is 17.6 Å². The molecule has 0 spiro atoms. The van der Waals surface area contributed by atoms with E-state index in [1.165, 1.54) is 12.1 Å². The van der Waals surface area contributed by atoms with Crippen LogP contribution in [0.15, 0.2) is 23.1 Å². The van der Waals surface area contributed by atoms with E-state index in [1.54, 1.807) is 13.8 Å². The van der Waals surface area contributed by atoms with Gasteiger partial charge in [0.1, 0.15) is 5.82 Å². The van der Waals surface area contributed by atoms with E-state index in [4.69, 9.17) is 5.73 Å². The number of rotatable bonds is 6. The van der Waals surface area contributed by atoms with Gasteiger partial charge in [-0.15, -0.1) is 11.8 Å². The third-order valence-electron chi connectivity index (χ3n) is 2.77. The topological polar surface area (TPSA) is 55.1 Å². The first kappa shape index (κ1) is 16.8. The van der Waals surface area contributed by atoms with Crippen molar-refractivity contribution < 1.29 is 18.0 Å². The number of benzene rings is 1. The third-order valence-corrected chi connectivity index (χ3v) is 3.85. The summed E-state index contributed by atoms with van der Waals surface area (Å²) in [4.78, 5) is 12.3. The van der Waals surface area contributed by atoms with Gasteiger partial charge in [0.25, 0.3) is 0 Å². The first-order valence-electron chi connectivity index (χ1n) is 6.08. The molecule has 1 amide bonds. The van der Waals surface area contributed by atoms with Gasteiger partial charge in [0.05, 0.1) is 17.4 Å². The van der Waals surface area contributed by atoms with Crippen LogP contribution in [-0.4, -0.2) is 24.1 Å². The van der Waals surface area contributed by atoms with Gasteiger partial charge in [-0.25, -0.2) is 13.2 Å². The van der Waals surface area contributed by atoms with Crippen LogP contribution in [0.2, 0.25) is 0 Å². The number of hydrogen-bond acceptors (Lipinski definition) is 3. The van der Waals surface area contributed by atoms with Gasteiger partial charge in [0.2, 0.25) is 12.3 Å². The van der Waals surface area contributed by atoms with Gasteiger partial charge in [-0.05, 0) is 25.1 Å². The molecule has 112 valence electrons. The zero-order valence-corrected chi connectivity index (χ0v) is 12.0. The normalized spacial score (nSPS) is 14.2. The molecule has 2 unspecified atom stereocenters. The fourth-order valence-corrected chi connectivity index (χ4v) is 2.10. The number of carbonyl (C=O) groups is 1. The second-order valence-electron chi connectivity index (χ2n) is 4.48. The van der Waals surface area contributed by atoms with Crippen LogP contribution in [0.1, 0.15) is 13.8 Å². The van der Waals surface area contributed by atoms with Gasteiger partial charge in [0, 0.05) is 10.9 Å². The third kappa shape index (κ3) is 5.05. The Hall–Kier alpha value is -1.21. The number of nitrogens with one attached hydrogen (secondary N) is 1. The van der Waals surface area contributed by atoms with Crippen LogP contribution < -0.4 is 11.1 Å². The molecule has 0 heterocycles. The van der Waals surface area contributed by atoms with Gasteiger partial charge < -0.3 is 11.1 Å². The molecule has 1 rings (SSSR count). The number of thioether (sulfide) groups is 1. The minimum Gasteiger partial charge on any atom is -0.327 e. The van der Waals surface area contributed by atoms with Gasteiger partial charge in [-0.1, -0.05) is 6.92 Å². The van der Waals surface area contributed by atoms with Crippen LogP contribution >= 0.6 is 11.8 Å². The van der Waals surface area contributed by atoms with Crippen LogP contribution in [0.25, 0.3) is 0 Å². The monoisotopic (exact) mass is 306 g/mol. The summed E-state index contributed by atoms with van der Waals surface area (Å²) >= 11 is 0.863. The lowest BCUT2D eigenvalue weighted by Crippen LogP contribution is -2.34. The number of carbonyl (C=O) groups excluding carboxylic acids is 1. The van der Waals surface area contributed by atoms with Crippen molar-refractivity contribution in [1.82, 2.24) is 0 Å². The molecule has 0 saturated carbocycles. The first-order valence-corrected chi connectivity index (χ1v) is 7.06. The quantitative estimate of drug-likeness (QED) is 0.794. The lowest BCUT2D eigenvalue weighted by molar-refractivity contribution is -0.119. The summed E-state index contributed by atoms with van der Waals surface area (Å²) in [5.41, 5.74) is 5.81. The molecule has 1 aromatic carbocycles. The SMILES string of the molecule is CC(N)C(C)C(=O)Nc1cc(F)ccc1SCC(F)F. The zero-order chi connectivity index (χ0) is 15.3. The maximum absolute atomic E-state index is 13.2. The standard InChI is InChI=1S/C13H17F3N2OS/c1-7(8(2)17)13(19)18-10-5-9(14)3-4-11(10)20-6-12(15)16/h3-5,7-8,12H,6,17H2,1-2H3,(H,18,19). The highest BCUT2D eigenvalue weighted by Crippen LogP contribution is 2.29. The number of nitrogens with two attached hydrogens (primary N) is 1. The Morgan fingerprint density at radius 2 is 2.05 bits per heavy atom. The summed E-state index contributed by atoms with van der Waals surface area (Å²) in [6, 6.07) is 3.28. The maximum Gasteiger partial charge on any atom is 0.247 e. The Labute approximate surface area is 120 Å². The van der Waals surface area contributed by atoms with Crippen molar-refractivity contribution in [1.29, 1.82) is 0 Å². The largest absolute Gasteiger partial charge is 0.327 e. The molecule has 1 aromatic rings. The highest BCUT2D eigenvalue weighted by atomic mass is 32.2. The summed E-state index contributed by atoms with van der Waals surface area (Å²) in [6.45, 7) is 3.33. The Bertz CT molecular complexity index is 469. The Morgan fingerprint density at radius 1 is 1.40 bits per heavy atom. The van der Waals surface area contributed by atoms with E-state index in [0.29, 0.717) is 4.90 Å². The van der Waals surface area contributed by atoms with Crippen LogP contribution in [-0.2, 0) is 4.79 Å². The average molecular weight is 306 g/mol. The van der Waals surface area contributed by atoms with Gasteiger partial charge in [-0.3, -0.25) is 4.79 Å². The van der Waals surface area contributed by atoms with Gasteiger partial charge in [0.15, 0.2) is 0 Å². The lowest BCUT2D eigenvalue weighted by atomic mass is 10.0. The summed E-state index contributed by atoms with van der Waals surface area (Å²) in [7, 11) is 0. The van der Waals surface area contributed by atoms with Crippen LogP contribution in [0.4, 0.5) is 18.9 Å². The van der Waals surface area contributed by atoms with Crippen LogP contribution in [0.3, 0.4) is 0 Å². The predicted octanol–water partition coefficient (Wildman–Crippen LogP) is 3.10. The van der Waals surface area contributed by atoms with Crippen molar-refractivity contribution in [2.24, 2.45) is 11.7 Å². The van der Waals surface area contributed by atoms with Crippen molar-refractivity contribution in [3.05, 3.63) is 24.0 Å². The Kier molecular flexibility index (Phi) is 6.35. The summed E-state index contributed by atoms with van der Waals surface area (Å²) < 4.78 is 37.7. The van der Waals surface area contributed by atoms with E-state index in [1.807, 2.05) is 0 Å². The molecule has 0 bridgehead atoms. The molecular formula is C13H17F3N2OS. The van der Waals surface area contributed by atoms with Crippen LogP contribution in [0, 0.1) is 11.7 Å². The second kappa shape index (κ2) is 7.54. The molecule has 2 atom stereocenters. The summed E-state index contributed by atoms with van der Waals surface area (Å²) in [5.74, 6) is -1.80. The van der Waals surface area contributed by atoms with E-state index in [0.717, 1.165) is 17.8 Å². The fourth-order valence-electron chi connectivity index (χ4n) is 1.36. The fraction of sp³-hybridized carbons (Fsp3) is 0.462. The molecule has 0 aliphatic carbocycles. The smallest absolute Gasteiger partial charge is 0.247 e. The van der Waals surface area contributed by atoms with Crippen LogP contribution in [0.5, 0.6) is 0 Å². The van der Waals surface area contributed by atoms with Crippen molar-refractivity contribution in [3.8, 4) is 0 Å². The minimum absolute atomic E-state index is 0.188. The molecule has 0 aliphatic heterocycles. The molecule has 0 aromatic heterocycles. The van der Waals surface area contributed by atoms with E-state index in [2.05, 4.69) is 5.32 Å². The molecule has 0 fully saturated rings. The molecule has 0 saturated heterocycles. The van der Waals surface area contributed by atoms with E-state index >= 15 is 0 Å². The van der Waals surface area contributed by atoms with Crippen molar-refractivity contribution in [3.63, 3.8) is 0 Å². The second-order valence-corrected chi connectivity index (χ2v) is 5.54. The first-order chi connectivity index (χ1) is 9.31. The Morgan fingerprint density at radius 3 is 2.60 bits per heavy atom. The maximum atomic E-state index is 13.2. The van der Waals surface area contributed by atoms with Gasteiger partial charge in [-0.2, -0.15) is 0 Å². The average Bonchev–Trinajstić information content (AvgIpc) is 2.36. The lowest BCUT2D eigenvalue weighted by Gasteiger charge is -2.17. The predicted molar refractivity (Wildman–Crippen MR) is 74.6 cm³/mol. The molecule has 7 heteroatoms. The highest BCUT2D eigenvalue weighted by Gasteiger charge is 2.19. The minimum atomic E-state index is -2.48. The van der Waals surface area contributed by atoms with E-state index in [9.17, 15) is 18.0 Å². The zero-order valence-electron chi connectivity index (χ0n) is 11.2. The van der Waals surface area contributed by atoms with Crippen molar-refractivity contribution in [2.75, 3.05) is 11.1 Å². The molecule has 3 N–H and O–H groups in total. The van der Waals surface area contributed by atoms with Gasteiger partial charge >= 0.3 is 0 Å². The number of alkyl halides is 2. The molecule has 0 aliphatic rings. The summed E-state index contributed by atoms with van der Waals surface area (Å²) in [5, 5.41) is 2.53. The number of amides is 1. The highest BCUT2D eigenvalue weighted by molar-refractivity contribution is 7.99. The molecular weight excluding hydrogens is 289 g/mol. The number of halogens is 3. The molecule has 20 heavy (non-hydrogen) atoms. The summed E-state index contributed by atoms with van der Waals surface area (Å²) in [6.07, 6.45) is -2.48. The number of hydrogen-bond donors (Lipinski definition) is 2.